The number of hydrazine groups is 1. The van der Waals surface area contributed by atoms with Gasteiger partial charge in [0, 0.05) is 0 Å². The van der Waals surface area contributed by atoms with Crippen LogP contribution in [0.4, 0.5) is 5.69 Å². The highest BCUT2D eigenvalue weighted by molar-refractivity contribution is 6.33. The topological polar surface area (TPSA) is 58.6 Å². The molecule has 6 heteroatoms. The van der Waals surface area contributed by atoms with E-state index in [1.165, 1.54) is 11.1 Å². The number of anilines is 1. The van der Waals surface area contributed by atoms with Crippen molar-refractivity contribution < 1.29 is 14.3 Å². The molecule has 1 aliphatic heterocycles. The second-order valence-corrected chi connectivity index (χ2v) is 5.51. The fourth-order valence-corrected chi connectivity index (χ4v) is 2.61. The highest BCUT2D eigenvalue weighted by atomic mass is 35.5. The zero-order valence-corrected chi connectivity index (χ0v) is 13.7. The van der Waals surface area contributed by atoms with Crippen molar-refractivity contribution in [2.75, 3.05) is 11.6 Å². The third kappa shape index (κ3) is 3.12. The lowest BCUT2D eigenvalue weighted by Crippen LogP contribution is -2.35. The zero-order valence-electron chi connectivity index (χ0n) is 13.0. The summed E-state index contributed by atoms with van der Waals surface area (Å²) in [6.45, 7) is 2.37. The second-order valence-electron chi connectivity index (χ2n) is 5.10. The number of carbonyl (C=O) groups is 2. The Morgan fingerprint density at radius 3 is 2.58 bits per heavy atom. The van der Waals surface area contributed by atoms with E-state index in [1.807, 2.05) is 13.0 Å². The number of hydrogen-bond acceptors (Lipinski definition) is 3. The SMILES string of the molecule is CCOc1ccc(/C=C2/C(=O)NN(c3ccccc3)C2=O)cc1Cl. The molecule has 24 heavy (non-hydrogen) atoms. The van der Waals surface area contributed by atoms with E-state index in [1.54, 1.807) is 42.5 Å². The summed E-state index contributed by atoms with van der Waals surface area (Å²) >= 11 is 6.14. The third-order valence-electron chi connectivity index (χ3n) is 3.47. The zero-order chi connectivity index (χ0) is 17.1. The number of hydrogen-bond donors (Lipinski definition) is 1. The molecular weight excluding hydrogens is 328 g/mol. The number of ether oxygens (including phenoxy) is 1. The van der Waals surface area contributed by atoms with Crippen molar-refractivity contribution in [2.45, 2.75) is 6.92 Å². The summed E-state index contributed by atoms with van der Waals surface area (Å²) in [6.07, 6.45) is 1.52. The van der Waals surface area contributed by atoms with Gasteiger partial charge in [0.05, 0.1) is 17.3 Å². The van der Waals surface area contributed by atoms with Crippen LogP contribution in [-0.2, 0) is 9.59 Å². The molecule has 3 rings (SSSR count). The van der Waals surface area contributed by atoms with Gasteiger partial charge < -0.3 is 4.74 Å². The molecule has 1 aliphatic rings. The van der Waals surface area contributed by atoms with Gasteiger partial charge in [-0.1, -0.05) is 35.9 Å². The quantitative estimate of drug-likeness (QED) is 0.685. The number of rotatable bonds is 4. The molecule has 0 unspecified atom stereocenters. The van der Waals surface area contributed by atoms with Gasteiger partial charge in [0.1, 0.15) is 11.3 Å². The largest absolute Gasteiger partial charge is 0.492 e. The van der Waals surface area contributed by atoms with Gasteiger partial charge in [-0.15, -0.1) is 0 Å². The number of amides is 2. The van der Waals surface area contributed by atoms with Gasteiger partial charge in [0.2, 0.25) is 0 Å². The second kappa shape index (κ2) is 6.76. The van der Waals surface area contributed by atoms with Crippen LogP contribution in [0.5, 0.6) is 5.75 Å². The van der Waals surface area contributed by atoms with Crippen LogP contribution in [0.15, 0.2) is 54.1 Å². The molecular formula is C18H15ClN2O3. The molecule has 2 aromatic rings. The van der Waals surface area contributed by atoms with E-state index in [2.05, 4.69) is 5.43 Å². The number of benzene rings is 2. The third-order valence-corrected chi connectivity index (χ3v) is 3.77. The molecule has 0 aliphatic carbocycles. The molecule has 0 aromatic heterocycles. The Labute approximate surface area is 144 Å². The molecule has 1 N–H and O–H groups in total. The van der Waals surface area contributed by atoms with Gasteiger partial charge >= 0.3 is 0 Å². The molecule has 0 saturated carbocycles. The number of nitrogens with one attached hydrogen (secondary N) is 1. The van der Waals surface area contributed by atoms with Gasteiger partial charge in [0.25, 0.3) is 11.8 Å². The van der Waals surface area contributed by atoms with Crippen molar-refractivity contribution in [3.63, 3.8) is 0 Å². The fourth-order valence-electron chi connectivity index (χ4n) is 2.36. The molecule has 122 valence electrons. The van der Waals surface area contributed by atoms with Crippen molar-refractivity contribution in [1.82, 2.24) is 5.43 Å². The molecule has 0 atom stereocenters. The monoisotopic (exact) mass is 342 g/mol. The van der Waals surface area contributed by atoms with E-state index in [0.717, 1.165) is 0 Å². The van der Waals surface area contributed by atoms with Crippen molar-refractivity contribution in [1.29, 1.82) is 0 Å². The maximum atomic E-state index is 12.5. The number of nitrogens with zero attached hydrogens (tertiary/aromatic N) is 1. The van der Waals surface area contributed by atoms with Gasteiger partial charge in [0.15, 0.2) is 0 Å². The van der Waals surface area contributed by atoms with Crippen molar-refractivity contribution in [2.24, 2.45) is 0 Å². The van der Waals surface area contributed by atoms with Crippen LogP contribution in [0.3, 0.4) is 0 Å². The maximum absolute atomic E-state index is 12.5. The molecule has 2 aromatic carbocycles. The smallest absolute Gasteiger partial charge is 0.282 e. The van der Waals surface area contributed by atoms with Crippen LogP contribution < -0.4 is 15.2 Å². The normalized spacial score (nSPS) is 15.8. The van der Waals surface area contributed by atoms with Gasteiger partial charge in [-0.05, 0) is 42.8 Å². The molecule has 0 bridgehead atoms. The Morgan fingerprint density at radius 1 is 1.17 bits per heavy atom. The predicted octanol–water partition coefficient (Wildman–Crippen LogP) is 3.20. The Bertz CT molecular complexity index is 818. The Morgan fingerprint density at radius 2 is 1.92 bits per heavy atom. The first kappa shape index (κ1) is 16.1. The number of para-hydroxylation sites is 1. The number of halogens is 1. The van der Waals surface area contributed by atoms with Gasteiger partial charge in [-0.25, -0.2) is 5.01 Å². The van der Waals surface area contributed by atoms with E-state index >= 15 is 0 Å². The highest BCUT2D eigenvalue weighted by Gasteiger charge is 2.34. The van der Waals surface area contributed by atoms with E-state index in [-0.39, 0.29) is 5.57 Å². The molecule has 1 fully saturated rings. The minimum atomic E-state index is -0.450. The molecule has 1 saturated heterocycles. The lowest BCUT2D eigenvalue weighted by Gasteiger charge is -2.13. The molecule has 5 nitrogen and oxygen atoms in total. The first-order valence-electron chi connectivity index (χ1n) is 7.44. The first-order valence-corrected chi connectivity index (χ1v) is 7.82. The first-order chi connectivity index (χ1) is 11.6. The van der Waals surface area contributed by atoms with Crippen LogP contribution in [0.2, 0.25) is 5.02 Å². The lowest BCUT2D eigenvalue weighted by molar-refractivity contribution is -0.117. The average Bonchev–Trinajstić information content (AvgIpc) is 2.86. The van der Waals surface area contributed by atoms with Gasteiger partial charge in [-0.3, -0.25) is 15.0 Å². The molecule has 1 heterocycles. The van der Waals surface area contributed by atoms with Crippen LogP contribution in [0.1, 0.15) is 12.5 Å². The van der Waals surface area contributed by atoms with Crippen molar-refractivity contribution in [3.05, 3.63) is 64.7 Å². The summed E-state index contributed by atoms with van der Waals surface area (Å²) < 4.78 is 5.37. The predicted molar refractivity (Wildman–Crippen MR) is 92.7 cm³/mol. The summed E-state index contributed by atoms with van der Waals surface area (Å²) in [5.74, 6) is -0.292. The minimum absolute atomic E-state index is 0.0547. The van der Waals surface area contributed by atoms with E-state index < -0.39 is 11.8 Å². The van der Waals surface area contributed by atoms with Crippen LogP contribution in [0.25, 0.3) is 6.08 Å². The fraction of sp³-hybridized carbons (Fsp3) is 0.111. The summed E-state index contributed by atoms with van der Waals surface area (Å²) in [6, 6.07) is 14.0. The van der Waals surface area contributed by atoms with Gasteiger partial charge in [-0.2, -0.15) is 0 Å². The van der Waals surface area contributed by atoms with Crippen LogP contribution in [-0.4, -0.2) is 18.4 Å². The summed E-state index contributed by atoms with van der Waals surface area (Å²) in [5.41, 5.74) is 3.86. The molecule has 2 amide bonds. The lowest BCUT2D eigenvalue weighted by atomic mass is 10.1. The Hall–Kier alpha value is -2.79. The van der Waals surface area contributed by atoms with E-state index in [4.69, 9.17) is 16.3 Å². The van der Waals surface area contributed by atoms with Crippen molar-refractivity contribution >= 4 is 35.2 Å². The molecule has 0 spiro atoms. The minimum Gasteiger partial charge on any atom is -0.492 e. The molecule has 0 radical (unpaired) electrons. The van der Waals surface area contributed by atoms with Crippen molar-refractivity contribution in [3.8, 4) is 5.75 Å². The summed E-state index contributed by atoms with van der Waals surface area (Å²) in [4.78, 5) is 24.6. The Kier molecular flexibility index (Phi) is 4.53. The summed E-state index contributed by atoms with van der Waals surface area (Å²) in [7, 11) is 0. The summed E-state index contributed by atoms with van der Waals surface area (Å²) in [5, 5.41) is 1.65. The van der Waals surface area contributed by atoms with E-state index in [9.17, 15) is 9.59 Å². The Balaban J connectivity index is 1.89. The van der Waals surface area contributed by atoms with E-state index in [0.29, 0.717) is 28.6 Å². The van der Waals surface area contributed by atoms with Crippen LogP contribution in [0, 0.1) is 0 Å². The average molecular weight is 343 g/mol. The highest BCUT2D eigenvalue weighted by Crippen LogP contribution is 2.27. The van der Waals surface area contributed by atoms with Crippen LogP contribution >= 0.6 is 11.6 Å². The maximum Gasteiger partial charge on any atom is 0.282 e. The number of carbonyl (C=O) groups excluding carboxylic acids is 2. The standard InChI is InChI=1S/C18H15ClN2O3/c1-2-24-16-9-8-12(11-15(16)19)10-14-17(22)20-21(18(14)23)13-6-4-3-5-7-13/h3-11H,2H2,1H3,(H,20,22)/b14-10-.